The molecule has 0 aromatic heterocycles. The maximum Gasteiger partial charge on any atom is 0.235 e. The Kier molecular flexibility index (Phi) is 5.04. The van der Waals surface area contributed by atoms with Crippen LogP contribution in [0.3, 0.4) is 0 Å². The first kappa shape index (κ1) is 9.14. The van der Waals surface area contributed by atoms with Crippen molar-refractivity contribution in [1.82, 2.24) is 4.98 Å². The first-order chi connectivity index (χ1) is 4.18. The van der Waals surface area contributed by atoms with Crippen LogP contribution in [0.5, 0.6) is 0 Å². The summed E-state index contributed by atoms with van der Waals surface area (Å²) in [4.78, 5) is 3.35. The van der Waals surface area contributed by atoms with Crippen LogP contribution in [-0.2, 0) is 4.43 Å². The third-order valence-corrected chi connectivity index (χ3v) is 2.65. The molecule has 0 aliphatic carbocycles. The first-order valence-corrected chi connectivity index (χ1v) is 4.69. The third-order valence-electron chi connectivity index (χ3n) is 1.55. The molecule has 56 valence electrons. The Balaban J connectivity index is 3.16. The molecule has 0 bridgehead atoms. The molecule has 0 aromatic carbocycles. The molecule has 0 saturated heterocycles. The summed E-state index contributed by atoms with van der Waals surface area (Å²) in [6.07, 6.45) is 0. The molecule has 1 N–H and O–H groups in total. The Morgan fingerprint density at radius 2 is 1.89 bits per heavy atom. The molecular weight excluding hydrogens is 130 g/mol. The molecule has 3 heteroatoms. The zero-order valence-corrected chi connectivity index (χ0v) is 8.18. The predicted molar refractivity (Wildman–Crippen MR) is 43.0 cm³/mol. The summed E-state index contributed by atoms with van der Waals surface area (Å²) in [5.74, 6) is 0.715. The average molecular weight is 147 g/mol. The number of hydrogen-bond donors (Lipinski definition) is 1. The normalized spacial score (nSPS) is 15.7. The Morgan fingerprint density at radius 1 is 1.33 bits per heavy atom. The van der Waals surface area contributed by atoms with Crippen LogP contribution in [0.15, 0.2) is 0 Å². The van der Waals surface area contributed by atoms with Gasteiger partial charge in [0.15, 0.2) is 0 Å². The lowest BCUT2D eigenvalue weighted by molar-refractivity contribution is 0.403. The maximum atomic E-state index is 4.99. The smallest absolute Gasteiger partial charge is 0.235 e. The Labute approximate surface area is 60.0 Å². The highest BCUT2D eigenvalue weighted by molar-refractivity contribution is 6.23. The largest absolute Gasteiger partial charge is 0.412 e. The highest BCUT2D eigenvalue weighted by Gasteiger charge is 2.03. The van der Waals surface area contributed by atoms with Gasteiger partial charge < -0.3 is 9.41 Å². The van der Waals surface area contributed by atoms with E-state index < -0.39 is 9.92 Å². The van der Waals surface area contributed by atoms with Crippen molar-refractivity contribution in [2.75, 3.05) is 7.11 Å². The van der Waals surface area contributed by atoms with Gasteiger partial charge in [-0.2, -0.15) is 0 Å². The highest BCUT2D eigenvalue weighted by atomic mass is 28.2. The molecule has 0 fully saturated rings. The van der Waals surface area contributed by atoms with Crippen LogP contribution in [0.4, 0.5) is 0 Å². The molecule has 0 aliphatic rings. The van der Waals surface area contributed by atoms with Gasteiger partial charge in [-0.1, -0.05) is 20.8 Å². The molecule has 0 radical (unpaired) electrons. The van der Waals surface area contributed by atoms with E-state index in [-0.39, 0.29) is 0 Å². The van der Waals surface area contributed by atoms with E-state index in [2.05, 4.69) is 25.8 Å². The Bertz CT molecular complexity index is 68.1. The SMILES string of the molecule is CO[SiH2]NC(C)C(C)C. The zero-order valence-electron chi connectivity index (χ0n) is 6.77. The molecule has 0 amide bonds. The fourth-order valence-electron chi connectivity index (χ4n) is 0.450. The van der Waals surface area contributed by atoms with E-state index in [9.17, 15) is 0 Å². The summed E-state index contributed by atoms with van der Waals surface area (Å²) < 4.78 is 4.99. The van der Waals surface area contributed by atoms with Gasteiger partial charge >= 0.3 is 0 Å². The van der Waals surface area contributed by atoms with Crippen molar-refractivity contribution in [3.05, 3.63) is 0 Å². The summed E-state index contributed by atoms with van der Waals surface area (Å²) in [6.45, 7) is 6.61. The minimum atomic E-state index is -0.419. The second-order valence-electron chi connectivity index (χ2n) is 2.67. The fourth-order valence-corrected chi connectivity index (χ4v) is 1.35. The van der Waals surface area contributed by atoms with E-state index in [1.807, 2.05) is 0 Å². The van der Waals surface area contributed by atoms with Gasteiger partial charge in [0, 0.05) is 13.2 Å². The van der Waals surface area contributed by atoms with Gasteiger partial charge in [-0.05, 0) is 5.92 Å². The van der Waals surface area contributed by atoms with Crippen LogP contribution in [-0.4, -0.2) is 23.1 Å². The number of rotatable bonds is 4. The van der Waals surface area contributed by atoms with Crippen molar-refractivity contribution in [1.29, 1.82) is 0 Å². The standard InChI is InChI=1S/C6H17NOSi/c1-5(2)6(3)7-9-8-4/h5-7H,9H2,1-4H3. The molecular formula is C6H17NOSi. The molecule has 0 saturated carbocycles. The molecule has 0 rings (SSSR count). The van der Waals surface area contributed by atoms with Crippen molar-refractivity contribution < 1.29 is 4.43 Å². The summed E-state index contributed by atoms with van der Waals surface area (Å²) in [7, 11) is 1.34. The van der Waals surface area contributed by atoms with Crippen molar-refractivity contribution in [2.45, 2.75) is 26.8 Å². The van der Waals surface area contributed by atoms with Crippen molar-refractivity contribution >= 4 is 9.92 Å². The van der Waals surface area contributed by atoms with E-state index in [1.165, 1.54) is 0 Å². The van der Waals surface area contributed by atoms with Crippen molar-refractivity contribution in [3.63, 3.8) is 0 Å². The lowest BCUT2D eigenvalue weighted by Crippen LogP contribution is -2.34. The van der Waals surface area contributed by atoms with Crippen LogP contribution in [0.25, 0.3) is 0 Å². The second kappa shape index (κ2) is 4.96. The highest BCUT2D eigenvalue weighted by Crippen LogP contribution is 1.97. The molecule has 9 heavy (non-hydrogen) atoms. The van der Waals surface area contributed by atoms with Crippen LogP contribution in [0.1, 0.15) is 20.8 Å². The molecule has 0 spiro atoms. The van der Waals surface area contributed by atoms with E-state index in [1.54, 1.807) is 7.11 Å². The van der Waals surface area contributed by atoms with E-state index in [4.69, 9.17) is 4.43 Å². The van der Waals surface area contributed by atoms with Gasteiger partial charge in [0.2, 0.25) is 9.92 Å². The van der Waals surface area contributed by atoms with Crippen molar-refractivity contribution in [2.24, 2.45) is 5.92 Å². The molecule has 2 nitrogen and oxygen atoms in total. The summed E-state index contributed by atoms with van der Waals surface area (Å²) in [6, 6.07) is 0.608. The van der Waals surface area contributed by atoms with Gasteiger partial charge in [0.25, 0.3) is 0 Å². The van der Waals surface area contributed by atoms with Crippen LogP contribution >= 0.6 is 0 Å². The fraction of sp³-hybridized carbons (Fsp3) is 1.00. The maximum absolute atomic E-state index is 4.99. The predicted octanol–water partition coefficient (Wildman–Crippen LogP) is 0.266. The molecule has 1 unspecified atom stereocenters. The molecule has 1 atom stereocenters. The number of hydrogen-bond acceptors (Lipinski definition) is 2. The monoisotopic (exact) mass is 147 g/mol. The lowest BCUT2D eigenvalue weighted by Gasteiger charge is -2.15. The second-order valence-corrected chi connectivity index (χ2v) is 3.94. The average Bonchev–Trinajstić information content (AvgIpc) is 1.82. The minimum absolute atomic E-state index is 0.419. The van der Waals surface area contributed by atoms with Crippen LogP contribution in [0, 0.1) is 5.92 Å². The summed E-state index contributed by atoms with van der Waals surface area (Å²) in [5, 5.41) is 0. The minimum Gasteiger partial charge on any atom is -0.412 e. The third kappa shape index (κ3) is 4.63. The van der Waals surface area contributed by atoms with Gasteiger partial charge in [-0.25, -0.2) is 0 Å². The van der Waals surface area contributed by atoms with Crippen LogP contribution < -0.4 is 4.98 Å². The van der Waals surface area contributed by atoms with E-state index in [0.29, 0.717) is 12.0 Å². The summed E-state index contributed by atoms with van der Waals surface area (Å²) >= 11 is 0. The Morgan fingerprint density at radius 3 is 2.22 bits per heavy atom. The summed E-state index contributed by atoms with van der Waals surface area (Å²) in [5.41, 5.74) is 0. The number of nitrogens with one attached hydrogen (secondary N) is 1. The van der Waals surface area contributed by atoms with E-state index in [0.717, 1.165) is 0 Å². The van der Waals surface area contributed by atoms with Gasteiger partial charge in [0.1, 0.15) is 0 Å². The Hall–Kier alpha value is 0.137. The zero-order chi connectivity index (χ0) is 7.28. The van der Waals surface area contributed by atoms with Crippen LogP contribution in [0.2, 0.25) is 0 Å². The topological polar surface area (TPSA) is 21.3 Å². The first-order valence-electron chi connectivity index (χ1n) is 3.40. The van der Waals surface area contributed by atoms with Crippen molar-refractivity contribution in [3.8, 4) is 0 Å². The quantitative estimate of drug-likeness (QED) is 0.576. The van der Waals surface area contributed by atoms with Gasteiger partial charge in [0.05, 0.1) is 0 Å². The molecule has 0 aromatic rings. The van der Waals surface area contributed by atoms with Gasteiger partial charge in [-0.15, -0.1) is 0 Å². The van der Waals surface area contributed by atoms with Gasteiger partial charge in [-0.3, -0.25) is 0 Å². The molecule has 0 heterocycles. The molecule has 0 aliphatic heterocycles. The lowest BCUT2D eigenvalue weighted by atomic mass is 10.1. The van der Waals surface area contributed by atoms with E-state index >= 15 is 0 Å².